The van der Waals surface area contributed by atoms with Gasteiger partial charge in [0.1, 0.15) is 0 Å². The molecule has 0 heterocycles. The van der Waals surface area contributed by atoms with Crippen LogP contribution in [0.3, 0.4) is 0 Å². The van der Waals surface area contributed by atoms with Crippen LogP contribution in [-0.4, -0.2) is 6.21 Å². The number of hydrogen-bond acceptors (Lipinski definition) is 1. The van der Waals surface area contributed by atoms with Gasteiger partial charge in [0.05, 0.1) is 0 Å². The van der Waals surface area contributed by atoms with Gasteiger partial charge in [-0.25, -0.2) is 0 Å². The maximum atomic E-state index is 6.59. The third-order valence-electron chi connectivity index (χ3n) is 0.670. The summed E-state index contributed by atoms with van der Waals surface area (Å²) in [5.41, 5.74) is 0. The highest BCUT2D eigenvalue weighted by atomic mass is 14.3. The molecule has 0 unspecified atom stereocenters. The molecule has 0 bridgehead atoms. The highest BCUT2D eigenvalue weighted by Crippen LogP contribution is 1.87. The molecule has 0 rings (SSSR count). The van der Waals surface area contributed by atoms with Crippen LogP contribution in [0.4, 0.5) is 0 Å². The van der Waals surface area contributed by atoms with E-state index in [2.05, 4.69) is 5.92 Å². The lowest BCUT2D eigenvalue weighted by atomic mass is 10.3. The number of rotatable bonds is 3. The van der Waals surface area contributed by atoms with Crippen LogP contribution in [0.5, 0.6) is 0 Å². The first kappa shape index (κ1) is 6.23. The van der Waals surface area contributed by atoms with Crippen LogP contribution in [0.2, 0.25) is 0 Å². The predicted molar refractivity (Wildman–Crippen MR) is 31.5 cm³/mol. The summed E-state index contributed by atoms with van der Waals surface area (Å²) >= 11 is 0. The predicted octanol–water partition coefficient (Wildman–Crippen LogP) is 1.44. The number of unbranched alkanes of at least 4 members (excludes halogenated alkanes) is 2. The average molecular weight is 95.1 g/mol. The Morgan fingerprint density at radius 1 is 1.71 bits per heavy atom. The molecule has 0 amide bonds. The van der Waals surface area contributed by atoms with E-state index in [1.54, 1.807) is 0 Å². The Balaban J connectivity index is 2.72. The molecule has 0 aromatic heterocycles. The van der Waals surface area contributed by atoms with E-state index in [0.717, 1.165) is 19.3 Å². The molecule has 1 heteroatoms. The molecule has 0 saturated heterocycles. The van der Waals surface area contributed by atoms with Crippen molar-refractivity contribution in [3.63, 3.8) is 0 Å². The van der Waals surface area contributed by atoms with Gasteiger partial charge in [-0.05, 0) is 19.1 Å². The third-order valence-corrected chi connectivity index (χ3v) is 0.670. The van der Waals surface area contributed by atoms with E-state index in [9.17, 15) is 0 Å². The van der Waals surface area contributed by atoms with Gasteiger partial charge < -0.3 is 5.41 Å². The van der Waals surface area contributed by atoms with Gasteiger partial charge in [0, 0.05) is 6.42 Å². The first-order valence-corrected chi connectivity index (χ1v) is 2.34. The van der Waals surface area contributed by atoms with Gasteiger partial charge >= 0.3 is 0 Å². The Hall–Kier alpha value is -0.770. The van der Waals surface area contributed by atoms with Crippen molar-refractivity contribution in [3.05, 3.63) is 0 Å². The second kappa shape index (κ2) is 5.23. The second-order valence-corrected chi connectivity index (χ2v) is 1.30. The summed E-state index contributed by atoms with van der Waals surface area (Å²) in [6, 6.07) is 0. The Kier molecular flexibility index (Phi) is 4.65. The van der Waals surface area contributed by atoms with Crippen LogP contribution in [0.25, 0.3) is 0 Å². The summed E-state index contributed by atoms with van der Waals surface area (Å²) in [4.78, 5) is 0. The van der Waals surface area contributed by atoms with Crippen molar-refractivity contribution in [1.29, 1.82) is 5.41 Å². The van der Waals surface area contributed by atoms with Gasteiger partial charge in [0.2, 0.25) is 0 Å². The Labute approximate surface area is 44.2 Å². The van der Waals surface area contributed by atoms with Crippen molar-refractivity contribution in [1.82, 2.24) is 0 Å². The average Bonchev–Trinajstić information content (AvgIpc) is 1.69. The van der Waals surface area contributed by atoms with E-state index in [1.165, 1.54) is 6.21 Å². The SMILES string of the molecule is C#CCCCC=N. The normalized spacial score (nSPS) is 7.29. The summed E-state index contributed by atoms with van der Waals surface area (Å²) in [5.74, 6) is 2.50. The maximum Gasteiger partial charge on any atom is 0.00895 e. The van der Waals surface area contributed by atoms with Gasteiger partial charge in [-0.1, -0.05) is 0 Å². The molecule has 0 aromatic rings. The highest BCUT2D eigenvalue weighted by molar-refractivity contribution is 5.52. The first-order chi connectivity index (χ1) is 3.41. The lowest BCUT2D eigenvalue weighted by Gasteiger charge is -1.81. The second-order valence-electron chi connectivity index (χ2n) is 1.30. The minimum absolute atomic E-state index is 0.801. The molecule has 7 heavy (non-hydrogen) atoms. The quantitative estimate of drug-likeness (QED) is 0.311. The Morgan fingerprint density at radius 3 is 2.86 bits per heavy atom. The van der Waals surface area contributed by atoms with E-state index in [-0.39, 0.29) is 0 Å². The summed E-state index contributed by atoms with van der Waals surface area (Å²) in [7, 11) is 0. The van der Waals surface area contributed by atoms with Crippen molar-refractivity contribution in [3.8, 4) is 12.3 Å². The zero-order chi connectivity index (χ0) is 5.54. The molecule has 1 nitrogen and oxygen atoms in total. The molecule has 0 aliphatic carbocycles. The summed E-state index contributed by atoms with van der Waals surface area (Å²) in [6.07, 6.45) is 8.91. The van der Waals surface area contributed by atoms with Crippen LogP contribution in [0.1, 0.15) is 19.3 Å². The van der Waals surface area contributed by atoms with Crippen molar-refractivity contribution in [2.75, 3.05) is 0 Å². The van der Waals surface area contributed by atoms with Crippen molar-refractivity contribution >= 4 is 6.21 Å². The fourth-order valence-electron chi connectivity index (χ4n) is 0.306. The van der Waals surface area contributed by atoms with E-state index in [0.29, 0.717) is 0 Å². The van der Waals surface area contributed by atoms with E-state index in [1.807, 2.05) is 0 Å². The fraction of sp³-hybridized carbons (Fsp3) is 0.500. The molecule has 0 radical (unpaired) electrons. The molecule has 0 spiro atoms. The van der Waals surface area contributed by atoms with Gasteiger partial charge in [0.15, 0.2) is 0 Å². The molecule has 38 valence electrons. The topological polar surface area (TPSA) is 23.9 Å². The van der Waals surface area contributed by atoms with Crippen LogP contribution in [0.15, 0.2) is 0 Å². The molecule has 0 saturated carbocycles. The summed E-state index contributed by atoms with van der Waals surface area (Å²) in [6.45, 7) is 0. The van der Waals surface area contributed by atoms with Crippen LogP contribution >= 0.6 is 0 Å². The summed E-state index contributed by atoms with van der Waals surface area (Å²) < 4.78 is 0. The zero-order valence-corrected chi connectivity index (χ0v) is 4.28. The molecule has 0 fully saturated rings. The number of terminal acetylenes is 1. The standard InChI is InChI=1S/C6H9N/c1-2-3-4-5-6-7/h1,6-7H,3-5H2. The van der Waals surface area contributed by atoms with Gasteiger partial charge in [0.25, 0.3) is 0 Å². The highest BCUT2D eigenvalue weighted by Gasteiger charge is 1.75. The van der Waals surface area contributed by atoms with E-state index < -0.39 is 0 Å². The lowest BCUT2D eigenvalue weighted by Crippen LogP contribution is -1.71. The minimum Gasteiger partial charge on any atom is -0.313 e. The first-order valence-electron chi connectivity index (χ1n) is 2.34. The van der Waals surface area contributed by atoms with Crippen LogP contribution in [0, 0.1) is 17.8 Å². The van der Waals surface area contributed by atoms with Crippen molar-refractivity contribution in [2.45, 2.75) is 19.3 Å². The third kappa shape index (κ3) is 5.23. The monoisotopic (exact) mass is 95.1 g/mol. The molecule has 0 aromatic carbocycles. The Bertz CT molecular complexity index is 78.7. The molecule has 0 atom stereocenters. The number of nitrogens with one attached hydrogen (secondary N) is 1. The molecular weight excluding hydrogens is 86.1 g/mol. The lowest BCUT2D eigenvalue weighted by molar-refractivity contribution is 0.921. The minimum atomic E-state index is 0.801. The van der Waals surface area contributed by atoms with E-state index in [4.69, 9.17) is 11.8 Å². The zero-order valence-electron chi connectivity index (χ0n) is 4.28. The largest absolute Gasteiger partial charge is 0.313 e. The van der Waals surface area contributed by atoms with Crippen LogP contribution < -0.4 is 0 Å². The summed E-state index contributed by atoms with van der Waals surface area (Å²) in [5, 5.41) is 6.59. The van der Waals surface area contributed by atoms with Crippen molar-refractivity contribution < 1.29 is 0 Å². The van der Waals surface area contributed by atoms with Gasteiger partial charge in [-0.2, -0.15) is 0 Å². The molecular formula is C6H9N. The van der Waals surface area contributed by atoms with Crippen molar-refractivity contribution in [2.24, 2.45) is 0 Å². The van der Waals surface area contributed by atoms with Crippen LogP contribution in [-0.2, 0) is 0 Å². The molecule has 0 aliphatic heterocycles. The maximum absolute atomic E-state index is 6.59. The van der Waals surface area contributed by atoms with E-state index >= 15 is 0 Å². The van der Waals surface area contributed by atoms with Gasteiger partial charge in [-0.15, -0.1) is 12.3 Å². The fourth-order valence-corrected chi connectivity index (χ4v) is 0.306. The number of hydrogen-bond donors (Lipinski definition) is 1. The molecule has 0 aliphatic rings. The molecule has 1 N–H and O–H groups in total. The smallest absolute Gasteiger partial charge is 0.00895 e. The van der Waals surface area contributed by atoms with Gasteiger partial charge in [-0.3, -0.25) is 0 Å². The Morgan fingerprint density at radius 2 is 2.43 bits per heavy atom.